The van der Waals surface area contributed by atoms with Crippen molar-refractivity contribution in [3.63, 3.8) is 0 Å². The van der Waals surface area contributed by atoms with Crippen molar-refractivity contribution >= 4 is 21.6 Å². The normalized spacial score (nSPS) is 23.7. The molecule has 104 valence electrons. The molecule has 0 bridgehead atoms. The van der Waals surface area contributed by atoms with Gasteiger partial charge in [0.25, 0.3) is 0 Å². The summed E-state index contributed by atoms with van der Waals surface area (Å²) in [5.41, 5.74) is 1.33. The smallest absolute Gasteiger partial charge is 0.228 e. The van der Waals surface area contributed by atoms with E-state index in [0.29, 0.717) is 6.42 Å². The second kappa shape index (κ2) is 5.59. The van der Waals surface area contributed by atoms with Crippen LogP contribution in [0.5, 0.6) is 0 Å². The molecule has 0 saturated carbocycles. The lowest BCUT2D eigenvalue weighted by Gasteiger charge is -2.30. The van der Waals surface area contributed by atoms with Crippen LogP contribution in [0.4, 0.5) is 4.39 Å². The molecule has 0 aromatic heterocycles. The van der Waals surface area contributed by atoms with Crippen molar-refractivity contribution in [1.29, 1.82) is 0 Å². The Morgan fingerprint density at radius 2 is 1.95 bits per heavy atom. The zero-order chi connectivity index (χ0) is 14.0. The first-order valence-corrected chi connectivity index (χ1v) is 7.08. The number of halogens is 2. The van der Waals surface area contributed by atoms with E-state index in [4.69, 9.17) is 9.57 Å². The highest BCUT2D eigenvalue weighted by atomic mass is 79.9. The number of ether oxygens (including phenoxy) is 1. The molecule has 3 nitrogen and oxygen atoms in total. The van der Waals surface area contributed by atoms with Gasteiger partial charge in [0.1, 0.15) is 11.5 Å². The van der Waals surface area contributed by atoms with Crippen LogP contribution in [0.3, 0.4) is 0 Å². The largest absolute Gasteiger partial charge is 0.363 e. The predicted molar refractivity (Wildman–Crippen MR) is 76.0 cm³/mol. The van der Waals surface area contributed by atoms with Gasteiger partial charge in [-0.2, -0.15) is 0 Å². The van der Waals surface area contributed by atoms with E-state index >= 15 is 0 Å². The molecule has 0 radical (unpaired) electrons. The van der Waals surface area contributed by atoms with Gasteiger partial charge in [0.2, 0.25) is 6.29 Å². The topological polar surface area (TPSA) is 30.8 Å². The summed E-state index contributed by atoms with van der Waals surface area (Å²) in [6.07, 6.45) is 0.293. The van der Waals surface area contributed by atoms with E-state index in [2.05, 4.69) is 21.1 Å². The molecule has 0 amide bonds. The number of nitrogens with zero attached hydrogens (tertiary/aromatic N) is 1. The maximum atomic E-state index is 12.9. The molecule has 1 aliphatic heterocycles. The standard InChI is InChI=1S/C14H17BrFNO2/c1-14(2,3)18-12-8-11(15)13(17-19-12)9-4-6-10(16)7-5-9/h4-7,11-12H,8H2,1-3H3/t11-,12-/m1/s1. The summed E-state index contributed by atoms with van der Waals surface area (Å²) < 4.78 is 18.6. The van der Waals surface area contributed by atoms with Gasteiger partial charge in [-0.25, -0.2) is 4.39 Å². The van der Waals surface area contributed by atoms with E-state index < -0.39 is 0 Å². The zero-order valence-electron chi connectivity index (χ0n) is 11.2. The first kappa shape index (κ1) is 14.5. The Kier molecular flexibility index (Phi) is 4.26. The first-order chi connectivity index (χ1) is 8.85. The third-order valence-corrected chi connectivity index (χ3v) is 3.40. The number of rotatable bonds is 2. The van der Waals surface area contributed by atoms with Crippen LogP contribution in [0, 0.1) is 5.82 Å². The first-order valence-electron chi connectivity index (χ1n) is 6.17. The fourth-order valence-corrected chi connectivity index (χ4v) is 2.47. The van der Waals surface area contributed by atoms with Gasteiger partial charge >= 0.3 is 0 Å². The molecule has 1 aromatic rings. The van der Waals surface area contributed by atoms with Gasteiger partial charge in [-0.05, 0) is 32.9 Å². The molecule has 1 heterocycles. The summed E-state index contributed by atoms with van der Waals surface area (Å²) in [5, 5.41) is 4.10. The maximum absolute atomic E-state index is 12.9. The Hall–Kier alpha value is -0.940. The molecule has 0 aliphatic carbocycles. The van der Waals surface area contributed by atoms with E-state index in [-0.39, 0.29) is 22.5 Å². The molecule has 19 heavy (non-hydrogen) atoms. The third-order valence-electron chi connectivity index (χ3n) is 2.59. The minimum atomic E-state index is -0.367. The van der Waals surface area contributed by atoms with Crippen LogP contribution in [0.1, 0.15) is 32.8 Å². The van der Waals surface area contributed by atoms with Gasteiger partial charge in [-0.3, -0.25) is 0 Å². The number of hydrogen-bond acceptors (Lipinski definition) is 3. The molecule has 0 N–H and O–H groups in total. The molecule has 0 spiro atoms. The van der Waals surface area contributed by atoms with Gasteiger partial charge in [0.15, 0.2) is 0 Å². The molecule has 1 aromatic carbocycles. The molecule has 0 saturated heterocycles. The fraction of sp³-hybridized carbons (Fsp3) is 0.500. The van der Waals surface area contributed by atoms with Gasteiger partial charge < -0.3 is 9.57 Å². The highest BCUT2D eigenvalue weighted by Gasteiger charge is 2.30. The van der Waals surface area contributed by atoms with Crippen LogP contribution in [0.2, 0.25) is 0 Å². The van der Waals surface area contributed by atoms with E-state index in [0.717, 1.165) is 11.3 Å². The zero-order valence-corrected chi connectivity index (χ0v) is 12.8. The van der Waals surface area contributed by atoms with Gasteiger partial charge in [-0.15, -0.1) is 0 Å². The molecular formula is C14H17BrFNO2. The Bertz CT molecular complexity index is 467. The summed E-state index contributed by atoms with van der Waals surface area (Å²) in [6.45, 7) is 5.91. The van der Waals surface area contributed by atoms with Gasteiger partial charge in [0, 0.05) is 12.0 Å². The molecule has 0 fully saturated rings. The highest BCUT2D eigenvalue weighted by Crippen LogP contribution is 2.26. The Labute approximate surface area is 120 Å². The molecule has 2 rings (SSSR count). The SMILES string of the molecule is CC(C)(C)O[C@H]1C[C@@H](Br)C(c2ccc(F)cc2)=NO1. The van der Waals surface area contributed by atoms with Gasteiger partial charge in [0.05, 0.1) is 10.4 Å². The summed E-state index contributed by atoms with van der Waals surface area (Å²) in [7, 11) is 0. The fourth-order valence-electron chi connectivity index (χ4n) is 1.81. The Balaban J connectivity index is 2.10. The molecule has 2 atom stereocenters. The van der Waals surface area contributed by atoms with Crippen LogP contribution in [-0.2, 0) is 9.57 Å². The molecule has 0 unspecified atom stereocenters. The summed E-state index contributed by atoms with van der Waals surface area (Å²) in [4.78, 5) is 5.39. The van der Waals surface area contributed by atoms with Crippen LogP contribution in [0.25, 0.3) is 0 Å². The lowest BCUT2D eigenvalue weighted by molar-refractivity contribution is -0.200. The maximum Gasteiger partial charge on any atom is 0.228 e. The Morgan fingerprint density at radius 1 is 1.32 bits per heavy atom. The number of hydrogen-bond donors (Lipinski definition) is 0. The van der Waals surface area contributed by atoms with Crippen molar-refractivity contribution in [1.82, 2.24) is 0 Å². The monoisotopic (exact) mass is 329 g/mol. The van der Waals surface area contributed by atoms with Crippen LogP contribution in [0.15, 0.2) is 29.4 Å². The second-order valence-electron chi connectivity index (χ2n) is 5.45. The second-order valence-corrected chi connectivity index (χ2v) is 6.56. The summed E-state index contributed by atoms with van der Waals surface area (Å²) in [5.74, 6) is -0.263. The predicted octanol–water partition coefficient (Wildman–Crippen LogP) is 3.85. The molecule has 5 heteroatoms. The Morgan fingerprint density at radius 3 is 2.47 bits per heavy atom. The average Bonchev–Trinajstić information content (AvgIpc) is 2.29. The number of benzene rings is 1. The van der Waals surface area contributed by atoms with Crippen LogP contribution in [-0.4, -0.2) is 22.4 Å². The van der Waals surface area contributed by atoms with Crippen molar-refractivity contribution in [3.05, 3.63) is 35.6 Å². The summed E-state index contributed by atoms with van der Waals surface area (Å²) >= 11 is 3.57. The van der Waals surface area contributed by atoms with E-state index in [1.165, 1.54) is 12.1 Å². The number of oxime groups is 1. The molecule has 1 aliphatic rings. The van der Waals surface area contributed by atoms with Crippen molar-refractivity contribution in [2.75, 3.05) is 0 Å². The highest BCUT2D eigenvalue weighted by molar-refractivity contribution is 9.10. The average molecular weight is 330 g/mol. The minimum absolute atomic E-state index is 0.0269. The van der Waals surface area contributed by atoms with E-state index in [9.17, 15) is 4.39 Å². The quantitative estimate of drug-likeness (QED) is 0.771. The van der Waals surface area contributed by atoms with Crippen molar-refractivity contribution < 1.29 is 14.0 Å². The van der Waals surface area contributed by atoms with Crippen LogP contribution < -0.4 is 0 Å². The third kappa shape index (κ3) is 4.01. The molecular weight excluding hydrogens is 313 g/mol. The van der Waals surface area contributed by atoms with Crippen LogP contribution >= 0.6 is 15.9 Å². The van der Waals surface area contributed by atoms with Crippen molar-refractivity contribution in [3.8, 4) is 0 Å². The lowest BCUT2D eigenvalue weighted by atomic mass is 10.0. The van der Waals surface area contributed by atoms with E-state index in [1.807, 2.05) is 20.8 Å². The van der Waals surface area contributed by atoms with E-state index in [1.54, 1.807) is 12.1 Å². The van der Waals surface area contributed by atoms with Crippen molar-refractivity contribution in [2.45, 2.75) is 43.9 Å². The summed E-state index contributed by atoms with van der Waals surface area (Å²) in [6, 6.07) is 6.21. The minimum Gasteiger partial charge on any atom is -0.363 e. The van der Waals surface area contributed by atoms with Gasteiger partial charge in [-0.1, -0.05) is 33.2 Å². The lowest BCUT2D eigenvalue weighted by Crippen LogP contribution is -2.35. The number of alkyl halides is 1. The van der Waals surface area contributed by atoms with Crippen molar-refractivity contribution in [2.24, 2.45) is 5.16 Å².